The van der Waals surface area contributed by atoms with Gasteiger partial charge in [0.2, 0.25) is 5.88 Å². The number of halogens is 3. The molecule has 39 heavy (non-hydrogen) atoms. The summed E-state index contributed by atoms with van der Waals surface area (Å²) < 4.78 is 50.8. The first-order chi connectivity index (χ1) is 18.6. The van der Waals surface area contributed by atoms with Crippen molar-refractivity contribution in [1.29, 1.82) is 0 Å². The molecular weight excluding hydrogens is 507 g/mol. The van der Waals surface area contributed by atoms with Gasteiger partial charge >= 0.3 is 6.18 Å². The highest BCUT2D eigenvalue weighted by Gasteiger charge is 2.33. The van der Waals surface area contributed by atoms with Gasteiger partial charge in [0.25, 0.3) is 0 Å². The molecular formula is C31H46F3NO4. The van der Waals surface area contributed by atoms with Crippen LogP contribution in [0, 0.1) is 6.92 Å². The SMILES string of the molecule is C/C=C\CC(=O)c1cc(C(F)(F)F)cnc1OC(C)CCOc1ccc(CCC)c(C)c1.C=CC.CC.CO. The molecule has 1 aromatic carbocycles. The number of allylic oxidation sites excluding steroid dienone is 3. The van der Waals surface area contributed by atoms with Crippen molar-refractivity contribution < 1.29 is 32.5 Å². The number of hydrogen-bond acceptors (Lipinski definition) is 5. The van der Waals surface area contributed by atoms with Crippen LogP contribution < -0.4 is 9.47 Å². The third-order valence-corrected chi connectivity index (χ3v) is 4.96. The van der Waals surface area contributed by atoms with Crippen molar-refractivity contribution in [3.05, 3.63) is 77.5 Å². The summed E-state index contributed by atoms with van der Waals surface area (Å²) in [6.07, 6.45) is 3.22. The van der Waals surface area contributed by atoms with Crippen LogP contribution in [0.25, 0.3) is 0 Å². The normalized spacial score (nSPS) is 11.1. The topological polar surface area (TPSA) is 68.7 Å². The number of aromatic nitrogens is 1. The van der Waals surface area contributed by atoms with Crippen LogP contribution in [-0.2, 0) is 12.6 Å². The van der Waals surface area contributed by atoms with Gasteiger partial charge in [-0.2, -0.15) is 13.2 Å². The van der Waals surface area contributed by atoms with Crippen LogP contribution in [0.3, 0.4) is 0 Å². The van der Waals surface area contributed by atoms with Gasteiger partial charge in [-0.05, 0) is 63.4 Å². The minimum atomic E-state index is -4.59. The molecule has 2 aromatic rings. The molecule has 1 aromatic heterocycles. The molecule has 0 aliphatic heterocycles. The second-order valence-corrected chi connectivity index (χ2v) is 8.08. The molecule has 0 aliphatic rings. The summed E-state index contributed by atoms with van der Waals surface area (Å²) in [7, 11) is 1.00. The van der Waals surface area contributed by atoms with Crippen LogP contribution in [0.15, 0.2) is 55.3 Å². The fraction of sp³-hybridized carbons (Fsp3) is 0.484. The van der Waals surface area contributed by atoms with E-state index in [9.17, 15) is 18.0 Å². The van der Waals surface area contributed by atoms with E-state index < -0.39 is 23.6 Å². The molecule has 2 rings (SSSR count). The number of ketones is 1. The van der Waals surface area contributed by atoms with E-state index in [2.05, 4.69) is 24.6 Å². The fourth-order valence-electron chi connectivity index (χ4n) is 3.14. The average Bonchev–Trinajstić information content (AvgIpc) is 2.91. The Balaban J connectivity index is 0. The number of benzene rings is 1. The van der Waals surface area contributed by atoms with Gasteiger partial charge in [-0.1, -0.05) is 51.5 Å². The van der Waals surface area contributed by atoms with Gasteiger partial charge in [-0.15, -0.1) is 6.58 Å². The summed E-state index contributed by atoms with van der Waals surface area (Å²) in [5, 5.41) is 7.00. The van der Waals surface area contributed by atoms with Crippen LogP contribution in [0.4, 0.5) is 13.2 Å². The van der Waals surface area contributed by atoms with Crippen LogP contribution in [0.5, 0.6) is 11.6 Å². The zero-order valence-electron chi connectivity index (χ0n) is 24.7. The Morgan fingerprint density at radius 3 is 2.31 bits per heavy atom. The van der Waals surface area contributed by atoms with Crippen LogP contribution in [0.2, 0.25) is 0 Å². The Morgan fingerprint density at radius 1 is 1.18 bits per heavy atom. The number of ether oxygens (including phenoxy) is 2. The van der Waals surface area contributed by atoms with Crippen molar-refractivity contribution in [3.8, 4) is 11.6 Å². The Hall–Kier alpha value is -3.13. The summed E-state index contributed by atoms with van der Waals surface area (Å²) in [5.41, 5.74) is 1.31. The molecule has 5 nitrogen and oxygen atoms in total. The molecule has 0 saturated carbocycles. The Morgan fingerprint density at radius 2 is 1.79 bits per heavy atom. The van der Waals surface area contributed by atoms with Gasteiger partial charge in [0, 0.05) is 26.1 Å². The molecule has 1 heterocycles. The predicted molar refractivity (Wildman–Crippen MR) is 154 cm³/mol. The molecule has 0 spiro atoms. The average molecular weight is 554 g/mol. The molecule has 0 bridgehead atoms. The Kier molecular flexibility index (Phi) is 21.2. The van der Waals surface area contributed by atoms with E-state index in [1.54, 1.807) is 32.1 Å². The number of carbonyl (C=O) groups is 1. The number of pyridine rings is 1. The fourth-order valence-corrected chi connectivity index (χ4v) is 3.14. The molecule has 1 unspecified atom stereocenters. The summed E-state index contributed by atoms with van der Waals surface area (Å²) in [6.45, 7) is 17.3. The number of aliphatic hydroxyl groups excluding tert-OH is 1. The molecule has 0 fully saturated rings. The maximum Gasteiger partial charge on any atom is 0.417 e. The number of Topliss-reactive ketones (excluding diaryl/α,β-unsaturated/α-hetero) is 1. The summed E-state index contributed by atoms with van der Waals surface area (Å²) >= 11 is 0. The minimum Gasteiger partial charge on any atom is -0.493 e. The second-order valence-electron chi connectivity index (χ2n) is 8.08. The van der Waals surface area contributed by atoms with Crippen LogP contribution in [-0.4, -0.2) is 35.7 Å². The highest BCUT2D eigenvalue weighted by molar-refractivity contribution is 5.99. The largest absolute Gasteiger partial charge is 0.493 e. The Bertz CT molecular complexity index is 988. The van der Waals surface area contributed by atoms with E-state index in [1.165, 1.54) is 11.1 Å². The van der Waals surface area contributed by atoms with Gasteiger partial charge in [-0.3, -0.25) is 4.79 Å². The zero-order valence-corrected chi connectivity index (χ0v) is 24.7. The molecule has 1 N–H and O–H groups in total. The first kappa shape index (κ1) is 38.0. The lowest BCUT2D eigenvalue weighted by molar-refractivity contribution is -0.137. The highest BCUT2D eigenvalue weighted by Crippen LogP contribution is 2.32. The van der Waals surface area contributed by atoms with Crippen molar-refractivity contribution >= 4 is 5.78 Å². The van der Waals surface area contributed by atoms with E-state index in [4.69, 9.17) is 14.6 Å². The number of carbonyl (C=O) groups excluding carboxylic acids is 1. The monoisotopic (exact) mass is 553 g/mol. The first-order valence-electron chi connectivity index (χ1n) is 13.2. The zero-order chi connectivity index (χ0) is 30.4. The highest BCUT2D eigenvalue weighted by atomic mass is 19.4. The van der Waals surface area contributed by atoms with E-state index >= 15 is 0 Å². The summed E-state index contributed by atoms with van der Waals surface area (Å²) in [5.74, 6) is 0.173. The van der Waals surface area contributed by atoms with Crippen LogP contribution in [0.1, 0.15) is 87.9 Å². The summed E-state index contributed by atoms with van der Waals surface area (Å²) in [4.78, 5) is 16.2. The van der Waals surface area contributed by atoms with Gasteiger partial charge in [0.1, 0.15) is 11.9 Å². The lowest BCUT2D eigenvalue weighted by Crippen LogP contribution is -2.19. The number of aryl methyl sites for hydroxylation is 2. The number of hydrogen-bond donors (Lipinski definition) is 1. The number of nitrogens with zero attached hydrogens (tertiary/aromatic N) is 1. The van der Waals surface area contributed by atoms with E-state index in [-0.39, 0.29) is 17.9 Å². The number of rotatable bonds is 11. The quantitative estimate of drug-likeness (QED) is 0.223. The van der Waals surface area contributed by atoms with E-state index in [0.717, 1.165) is 31.8 Å². The van der Waals surface area contributed by atoms with Crippen molar-refractivity contribution in [2.45, 2.75) is 86.4 Å². The lowest BCUT2D eigenvalue weighted by Gasteiger charge is -2.18. The minimum absolute atomic E-state index is 0.0271. The first-order valence-corrected chi connectivity index (χ1v) is 13.2. The predicted octanol–water partition coefficient (Wildman–Crippen LogP) is 8.57. The van der Waals surface area contributed by atoms with Gasteiger partial charge < -0.3 is 14.6 Å². The van der Waals surface area contributed by atoms with Crippen LogP contribution >= 0.6 is 0 Å². The van der Waals surface area contributed by atoms with Gasteiger partial charge in [0.15, 0.2) is 5.78 Å². The van der Waals surface area contributed by atoms with Crippen molar-refractivity contribution in [2.75, 3.05) is 13.7 Å². The van der Waals surface area contributed by atoms with Crippen molar-refractivity contribution in [2.24, 2.45) is 0 Å². The molecule has 220 valence electrons. The second kappa shape index (κ2) is 21.8. The van der Waals surface area contributed by atoms with E-state index in [1.807, 2.05) is 39.8 Å². The molecule has 0 amide bonds. The van der Waals surface area contributed by atoms with Gasteiger partial charge in [-0.25, -0.2) is 4.98 Å². The number of aliphatic hydroxyl groups is 1. The smallest absolute Gasteiger partial charge is 0.417 e. The molecule has 1 atom stereocenters. The van der Waals surface area contributed by atoms with Crippen molar-refractivity contribution in [1.82, 2.24) is 4.98 Å². The third kappa shape index (κ3) is 15.1. The standard InChI is InChI=1S/C25H30F3NO3.C3H6.C2H6.CH4O/c1-5-7-9-23(30)22-15-20(25(26,27)28)16-29-24(22)32-18(4)12-13-31-21-11-10-19(8-6-2)17(3)14-21;1-3-2;2*1-2/h5,7,10-11,14-16,18H,6,8-9,12-13H2,1-4H3;3H,1H2,2H3;1-2H3;2H,1H3/b7-5-;;;. The molecule has 8 heteroatoms. The van der Waals surface area contributed by atoms with Crippen molar-refractivity contribution in [3.63, 3.8) is 0 Å². The maximum absolute atomic E-state index is 13.1. The molecule has 0 aliphatic carbocycles. The molecule has 0 radical (unpaired) electrons. The van der Waals surface area contributed by atoms with Gasteiger partial charge in [0.05, 0.1) is 17.7 Å². The van der Waals surface area contributed by atoms with E-state index in [0.29, 0.717) is 19.2 Å². The lowest BCUT2D eigenvalue weighted by atomic mass is 10.0. The Labute approximate surface area is 232 Å². The summed E-state index contributed by atoms with van der Waals surface area (Å²) in [6, 6.07) is 6.78. The maximum atomic E-state index is 13.1. The number of alkyl halides is 3. The third-order valence-electron chi connectivity index (χ3n) is 4.96. The molecule has 0 saturated heterocycles.